The van der Waals surface area contributed by atoms with Gasteiger partial charge in [0.05, 0.1) is 17.0 Å². The molecule has 1 saturated heterocycles. The Bertz CT molecular complexity index is 1370. The van der Waals surface area contributed by atoms with Crippen LogP contribution in [0.4, 0.5) is 19.1 Å². The first-order chi connectivity index (χ1) is 17.0. The van der Waals surface area contributed by atoms with Crippen molar-refractivity contribution in [3.63, 3.8) is 0 Å². The van der Waals surface area contributed by atoms with Crippen molar-refractivity contribution >= 4 is 27.6 Å². The Morgan fingerprint density at radius 2 is 1.97 bits per heavy atom. The Balaban J connectivity index is 1.61. The van der Waals surface area contributed by atoms with Gasteiger partial charge in [-0.3, -0.25) is 0 Å². The molecule has 2 aromatic heterocycles. The number of alkyl halides is 3. The topological polar surface area (TPSA) is 93.0 Å². The zero-order valence-corrected chi connectivity index (χ0v) is 20.9. The van der Waals surface area contributed by atoms with Gasteiger partial charge in [-0.25, -0.2) is 27.7 Å². The van der Waals surface area contributed by atoms with Crippen molar-refractivity contribution in [1.29, 1.82) is 0 Å². The summed E-state index contributed by atoms with van der Waals surface area (Å²) in [6.45, 7) is 4.31. The fourth-order valence-electron chi connectivity index (χ4n) is 4.00. The third-order valence-electron chi connectivity index (χ3n) is 5.85. The zero-order chi connectivity index (χ0) is 26.1. The van der Waals surface area contributed by atoms with Crippen molar-refractivity contribution in [3.8, 4) is 17.1 Å². The smallest absolute Gasteiger partial charge is 0.351 e. The summed E-state index contributed by atoms with van der Waals surface area (Å²) in [5.41, 5.74) is 0.129. The first-order valence-electron chi connectivity index (χ1n) is 11.1. The van der Waals surface area contributed by atoms with E-state index >= 15 is 0 Å². The average Bonchev–Trinajstić information content (AvgIpc) is 3.28. The molecule has 192 valence electrons. The first-order valence-corrected chi connectivity index (χ1v) is 13.3. The summed E-state index contributed by atoms with van der Waals surface area (Å²) in [6, 6.07) is 5.19. The highest BCUT2D eigenvalue weighted by atomic mass is 35.5. The molecule has 0 spiro atoms. The van der Waals surface area contributed by atoms with Gasteiger partial charge in [-0.2, -0.15) is 13.2 Å². The molecule has 0 unspecified atom stereocenters. The SMILES string of the molecule is C=CCc1ccc(-n2cnc(-c3nc(NC4CCN(S(C)(=O)=O)CC4)ncc3C(F)(F)F)c2)c(Cl)c1. The highest BCUT2D eigenvalue weighted by molar-refractivity contribution is 7.88. The second-order valence-corrected chi connectivity index (χ2v) is 10.9. The first kappa shape index (κ1) is 26.1. The number of hydrogen-bond donors (Lipinski definition) is 1. The van der Waals surface area contributed by atoms with E-state index < -0.39 is 21.8 Å². The van der Waals surface area contributed by atoms with Crippen LogP contribution >= 0.6 is 11.6 Å². The summed E-state index contributed by atoms with van der Waals surface area (Å²) in [4.78, 5) is 12.2. The molecule has 0 atom stereocenters. The number of piperidine rings is 1. The molecule has 1 fully saturated rings. The molecule has 1 aromatic carbocycles. The van der Waals surface area contributed by atoms with E-state index in [2.05, 4.69) is 26.8 Å². The molecule has 1 N–H and O–H groups in total. The Hall–Kier alpha value is -2.96. The minimum atomic E-state index is -4.69. The largest absolute Gasteiger partial charge is 0.420 e. The number of nitrogens with one attached hydrogen (secondary N) is 1. The molecule has 0 amide bonds. The van der Waals surface area contributed by atoms with Gasteiger partial charge in [0.1, 0.15) is 23.3 Å². The minimum absolute atomic E-state index is 0.00547. The molecule has 0 aliphatic carbocycles. The van der Waals surface area contributed by atoms with E-state index in [0.29, 0.717) is 43.1 Å². The minimum Gasteiger partial charge on any atom is -0.351 e. The molecule has 3 heterocycles. The predicted octanol–water partition coefficient (Wildman–Crippen LogP) is 4.57. The maximum absolute atomic E-state index is 13.8. The van der Waals surface area contributed by atoms with E-state index in [1.807, 2.05) is 6.07 Å². The Kier molecular flexibility index (Phi) is 7.39. The van der Waals surface area contributed by atoms with E-state index in [1.165, 1.54) is 21.4 Å². The lowest BCUT2D eigenvalue weighted by atomic mass is 10.1. The third-order valence-corrected chi connectivity index (χ3v) is 7.45. The van der Waals surface area contributed by atoms with Gasteiger partial charge in [-0.15, -0.1) is 6.58 Å². The number of sulfonamides is 1. The van der Waals surface area contributed by atoms with E-state index in [1.54, 1.807) is 18.2 Å². The van der Waals surface area contributed by atoms with Gasteiger partial charge in [0.25, 0.3) is 0 Å². The quantitative estimate of drug-likeness (QED) is 0.441. The number of rotatable bonds is 7. The molecule has 1 aliphatic rings. The Morgan fingerprint density at radius 1 is 1.25 bits per heavy atom. The molecular formula is C23H24ClF3N6O2S. The van der Waals surface area contributed by atoms with Crippen LogP contribution in [0.25, 0.3) is 17.1 Å². The van der Waals surface area contributed by atoms with Crippen LogP contribution in [0.3, 0.4) is 0 Å². The summed E-state index contributed by atoms with van der Waals surface area (Å²) in [6.07, 6.45) is 3.32. The second-order valence-electron chi connectivity index (χ2n) is 8.48. The van der Waals surface area contributed by atoms with Gasteiger partial charge < -0.3 is 9.88 Å². The lowest BCUT2D eigenvalue weighted by Gasteiger charge is -2.30. The highest BCUT2D eigenvalue weighted by Gasteiger charge is 2.36. The van der Waals surface area contributed by atoms with Crippen LogP contribution in [0.15, 0.2) is 49.6 Å². The predicted molar refractivity (Wildman–Crippen MR) is 132 cm³/mol. The molecule has 0 radical (unpaired) electrons. The van der Waals surface area contributed by atoms with Gasteiger partial charge in [0, 0.05) is 31.5 Å². The van der Waals surface area contributed by atoms with Crippen LogP contribution in [0.5, 0.6) is 0 Å². The maximum Gasteiger partial charge on any atom is 0.420 e. The molecule has 36 heavy (non-hydrogen) atoms. The molecule has 13 heteroatoms. The summed E-state index contributed by atoms with van der Waals surface area (Å²) < 4.78 is 67.6. The van der Waals surface area contributed by atoms with Crippen LogP contribution < -0.4 is 5.32 Å². The lowest BCUT2D eigenvalue weighted by Crippen LogP contribution is -2.42. The standard InChI is InChI=1S/C23H24ClF3N6O2S/c1-3-4-15-5-6-20(18(24)11-15)32-13-19(29-14-32)21-17(23(25,26)27)12-28-22(31-21)30-16-7-9-33(10-8-16)36(2,34)35/h3,5-6,11-14,16H,1,4,7-10H2,2H3,(H,28,30,31). The van der Waals surface area contributed by atoms with Crippen LogP contribution in [0.1, 0.15) is 24.0 Å². The van der Waals surface area contributed by atoms with E-state index in [9.17, 15) is 21.6 Å². The van der Waals surface area contributed by atoms with E-state index in [-0.39, 0.29) is 23.4 Å². The normalized spacial score (nSPS) is 15.7. The fourth-order valence-corrected chi connectivity index (χ4v) is 5.17. The lowest BCUT2D eigenvalue weighted by molar-refractivity contribution is -0.137. The van der Waals surface area contributed by atoms with Crippen LogP contribution in [0, 0.1) is 0 Å². The zero-order valence-electron chi connectivity index (χ0n) is 19.3. The van der Waals surface area contributed by atoms with Crippen molar-refractivity contribution in [2.75, 3.05) is 24.7 Å². The number of halogens is 4. The van der Waals surface area contributed by atoms with Crippen molar-refractivity contribution in [2.45, 2.75) is 31.5 Å². The molecule has 1 aliphatic heterocycles. The summed E-state index contributed by atoms with van der Waals surface area (Å²) in [5.74, 6) is 0.0113. The summed E-state index contributed by atoms with van der Waals surface area (Å²) in [7, 11) is -3.29. The second kappa shape index (κ2) is 10.2. The average molecular weight is 541 g/mol. The van der Waals surface area contributed by atoms with E-state index in [4.69, 9.17) is 11.6 Å². The summed E-state index contributed by atoms with van der Waals surface area (Å²) >= 11 is 6.39. The number of hydrogen-bond acceptors (Lipinski definition) is 6. The number of aromatic nitrogens is 4. The summed E-state index contributed by atoms with van der Waals surface area (Å²) in [5, 5.41) is 3.45. The van der Waals surface area contributed by atoms with Crippen molar-refractivity contribution in [1.82, 2.24) is 23.8 Å². The number of allylic oxidation sites excluding steroid dienone is 1. The maximum atomic E-state index is 13.8. The van der Waals surface area contributed by atoms with Crippen LogP contribution in [0.2, 0.25) is 5.02 Å². The molecule has 0 saturated carbocycles. The monoisotopic (exact) mass is 540 g/mol. The third kappa shape index (κ3) is 5.88. The molecule has 0 bridgehead atoms. The van der Waals surface area contributed by atoms with Gasteiger partial charge in [-0.1, -0.05) is 23.7 Å². The van der Waals surface area contributed by atoms with Gasteiger partial charge in [-0.05, 0) is 37.0 Å². The number of nitrogens with zero attached hydrogens (tertiary/aromatic N) is 5. The van der Waals surface area contributed by atoms with Crippen LogP contribution in [-0.2, 0) is 22.6 Å². The Labute approximate surface area is 211 Å². The molecule has 3 aromatic rings. The fraction of sp³-hybridized carbons (Fsp3) is 0.348. The number of benzene rings is 1. The number of anilines is 1. The number of imidazole rings is 1. The highest BCUT2D eigenvalue weighted by Crippen LogP contribution is 2.36. The van der Waals surface area contributed by atoms with Crippen LogP contribution in [-0.4, -0.2) is 57.6 Å². The van der Waals surface area contributed by atoms with Crippen molar-refractivity contribution in [3.05, 3.63) is 65.7 Å². The van der Waals surface area contributed by atoms with Gasteiger partial charge >= 0.3 is 6.18 Å². The molecule has 8 nitrogen and oxygen atoms in total. The molecule has 4 rings (SSSR count). The van der Waals surface area contributed by atoms with Gasteiger partial charge in [0.15, 0.2) is 0 Å². The van der Waals surface area contributed by atoms with Crippen molar-refractivity contribution in [2.24, 2.45) is 0 Å². The van der Waals surface area contributed by atoms with E-state index in [0.717, 1.165) is 18.0 Å². The Morgan fingerprint density at radius 3 is 2.58 bits per heavy atom. The van der Waals surface area contributed by atoms with Gasteiger partial charge in [0.2, 0.25) is 16.0 Å². The molecular weight excluding hydrogens is 517 g/mol. The van der Waals surface area contributed by atoms with Crippen molar-refractivity contribution < 1.29 is 21.6 Å².